The van der Waals surface area contributed by atoms with Crippen molar-refractivity contribution in [2.24, 2.45) is 0 Å². The van der Waals surface area contributed by atoms with Gasteiger partial charge in [-0.1, -0.05) is 42.5 Å². The van der Waals surface area contributed by atoms with E-state index >= 15 is 0 Å². The molecule has 0 aliphatic heterocycles. The Hall–Kier alpha value is -1.84. The first-order chi connectivity index (χ1) is 10.2. The van der Waals surface area contributed by atoms with Crippen LogP contribution in [0.15, 0.2) is 54.6 Å². The number of methoxy groups -OCH3 is 1. The molecule has 0 heterocycles. The third-order valence-corrected chi connectivity index (χ3v) is 3.40. The Balaban J connectivity index is 0.00000242. The van der Waals surface area contributed by atoms with Crippen molar-refractivity contribution in [1.29, 1.82) is 0 Å². The van der Waals surface area contributed by atoms with E-state index in [-0.39, 0.29) is 24.2 Å². The van der Waals surface area contributed by atoms with Crippen molar-refractivity contribution in [2.45, 2.75) is 19.4 Å². The lowest BCUT2D eigenvalue weighted by Gasteiger charge is -2.14. The number of carbonyl (C=O) groups is 1. The molecule has 118 valence electrons. The number of Topliss-reactive ketones (excluding diaryl/α,β-unsaturated/α-hetero) is 1. The highest BCUT2D eigenvalue weighted by Crippen LogP contribution is 2.17. The van der Waals surface area contributed by atoms with E-state index in [4.69, 9.17) is 4.74 Å². The van der Waals surface area contributed by atoms with Gasteiger partial charge in [0.1, 0.15) is 5.75 Å². The molecule has 0 spiro atoms. The molecule has 0 radical (unpaired) electrons. The van der Waals surface area contributed by atoms with Crippen molar-refractivity contribution in [2.75, 3.05) is 13.7 Å². The van der Waals surface area contributed by atoms with Crippen molar-refractivity contribution in [3.63, 3.8) is 0 Å². The van der Waals surface area contributed by atoms with Crippen LogP contribution in [0.2, 0.25) is 0 Å². The fourth-order valence-electron chi connectivity index (χ4n) is 2.28. The molecule has 0 aliphatic rings. The number of nitrogens with one attached hydrogen (secondary N) is 1. The number of para-hydroxylation sites is 1. The number of hydrogen-bond donors (Lipinski definition) is 1. The fourth-order valence-corrected chi connectivity index (χ4v) is 2.28. The predicted molar refractivity (Wildman–Crippen MR) is 92.2 cm³/mol. The maximum atomic E-state index is 12.2. The van der Waals surface area contributed by atoms with E-state index in [1.165, 1.54) is 5.56 Å². The Morgan fingerprint density at radius 1 is 1.09 bits per heavy atom. The Labute approximate surface area is 138 Å². The molecule has 0 saturated heterocycles. The molecule has 0 bridgehead atoms. The van der Waals surface area contributed by atoms with Crippen LogP contribution in [-0.2, 0) is 6.42 Å². The maximum absolute atomic E-state index is 12.2. The second kappa shape index (κ2) is 9.23. The van der Waals surface area contributed by atoms with E-state index < -0.39 is 0 Å². The summed E-state index contributed by atoms with van der Waals surface area (Å²) in [7, 11) is 1.58. The molecule has 2 aromatic rings. The van der Waals surface area contributed by atoms with Crippen LogP contribution in [-0.4, -0.2) is 25.5 Å². The molecule has 22 heavy (non-hydrogen) atoms. The van der Waals surface area contributed by atoms with E-state index in [1.54, 1.807) is 19.2 Å². The van der Waals surface area contributed by atoms with E-state index in [0.717, 1.165) is 6.42 Å². The second-order valence-electron chi connectivity index (χ2n) is 5.10. The summed E-state index contributed by atoms with van der Waals surface area (Å²) < 4.78 is 5.22. The minimum atomic E-state index is 0. The lowest BCUT2D eigenvalue weighted by atomic mass is 10.1. The van der Waals surface area contributed by atoms with Crippen LogP contribution in [0.25, 0.3) is 0 Å². The summed E-state index contributed by atoms with van der Waals surface area (Å²) in [5.41, 5.74) is 1.89. The first-order valence-electron chi connectivity index (χ1n) is 7.14. The Morgan fingerprint density at radius 2 is 1.73 bits per heavy atom. The van der Waals surface area contributed by atoms with Gasteiger partial charge in [0.05, 0.1) is 19.2 Å². The number of hydrogen-bond acceptors (Lipinski definition) is 3. The highest BCUT2D eigenvalue weighted by Gasteiger charge is 2.12. The average Bonchev–Trinajstić information content (AvgIpc) is 2.53. The smallest absolute Gasteiger partial charge is 0.180 e. The molecule has 3 nitrogen and oxygen atoms in total. The van der Waals surface area contributed by atoms with Crippen molar-refractivity contribution >= 4 is 18.2 Å². The predicted octanol–water partition coefficient (Wildman–Crippen LogP) is 3.52. The minimum Gasteiger partial charge on any atom is -0.496 e. The normalized spacial score (nSPS) is 11.4. The Morgan fingerprint density at radius 3 is 2.41 bits per heavy atom. The summed E-state index contributed by atoms with van der Waals surface area (Å²) in [5, 5.41) is 3.28. The van der Waals surface area contributed by atoms with Gasteiger partial charge in [-0.2, -0.15) is 0 Å². The van der Waals surface area contributed by atoms with E-state index in [2.05, 4.69) is 24.4 Å². The van der Waals surface area contributed by atoms with Crippen molar-refractivity contribution in [3.8, 4) is 5.75 Å². The van der Waals surface area contributed by atoms with Crippen LogP contribution in [0.1, 0.15) is 22.8 Å². The van der Waals surface area contributed by atoms with Crippen molar-refractivity contribution in [1.82, 2.24) is 5.32 Å². The monoisotopic (exact) mass is 319 g/mol. The number of benzene rings is 2. The van der Waals surface area contributed by atoms with Crippen LogP contribution < -0.4 is 10.1 Å². The zero-order valence-corrected chi connectivity index (χ0v) is 13.7. The second-order valence-corrected chi connectivity index (χ2v) is 5.10. The highest BCUT2D eigenvalue weighted by atomic mass is 35.5. The molecule has 2 aromatic carbocycles. The number of rotatable bonds is 7. The van der Waals surface area contributed by atoms with Gasteiger partial charge in [-0.15, -0.1) is 12.4 Å². The largest absolute Gasteiger partial charge is 0.496 e. The van der Waals surface area contributed by atoms with Gasteiger partial charge in [0.2, 0.25) is 0 Å². The lowest BCUT2D eigenvalue weighted by Crippen LogP contribution is -2.33. The zero-order valence-electron chi connectivity index (χ0n) is 12.9. The summed E-state index contributed by atoms with van der Waals surface area (Å²) in [6.45, 7) is 2.40. The molecule has 1 N–H and O–H groups in total. The molecule has 0 amide bonds. The zero-order chi connectivity index (χ0) is 15.1. The quantitative estimate of drug-likeness (QED) is 0.794. The lowest BCUT2D eigenvalue weighted by molar-refractivity contribution is 0.0985. The van der Waals surface area contributed by atoms with Gasteiger partial charge < -0.3 is 10.1 Å². The molecule has 4 heteroatoms. The van der Waals surface area contributed by atoms with Gasteiger partial charge in [0, 0.05) is 6.04 Å². The van der Waals surface area contributed by atoms with Gasteiger partial charge in [-0.25, -0.2) is 0 Å². The molecular weight excluding hydrogens is 298 g/mol. The fraction of sp³-hybridized carbons (Fsp3) is 0.278. The third kappa shape index (κ3) is 5.17. The molecular formula is C18H22ClNO2. The molecule has 1 atom stereocenters. The Bertz CT molecular complexity index is 587. The van der Waals surface area contributed by atoms with E-state index in [9.17, 15) is 4.79 Å². The highest BCUT2D eigenvalue weighted by molar-refractivity contribution is 6.00. The molecule has 0 fully saturated rings. The average molecular weight is 320 g/mol. The van der Waals surface area contributed by atoms with Crippen LogP contribution in [0.3, 0.4) is 0 Å². The van der Waals surface area contributed by atoms with Gasteiger partial charge in [-0.05, 0) is 31.0 Å². The summed E-state index contributed by atoms with van der Waals surface area (Å²) in [6, 6.07) is 17.8. The van der Waals surface area contributed by atoms with E-state index in [1.807, 2.05) is 30.3 Å². The number of ketones is 1. The van der Waals surface area contributed by atoms with Crippen LogP contribution in [0.5, 0.6) is 5.75 Å². The standard InChI is InChI=1S/C18H21NO2.ClH/c1-14(12-15-8-4-3-5-9-15)19-13-17(20)16-10-6-7-11-18(16)21-2;/h3-11,14,19H,12-13H2,1-2H3;1H/t14-;/m0./s1. The van der Waals surface area contributed by atoms with Gasteiger partial charge in [0.15, 0.2) is 5.78 Å². The summed E-state index contributed by atoms with van der Waals surface area (Å²) >= 11 is 0. The SMILES string of the molecule is COc1ccccc1C(=O)CN[C@@H](C)Cc1ccccc1.Cl. The first-order valence-corrected chi connectivity index (χ1v) is 7.14. The van der Waals surface area contributed by atoms with Crippen LogP contribution >= 0.6 is 12.4 Å². The molecule has 2 rings (SSSR count). The summed E-state index contributed by atoms with van der Waals surface area (Å²) in [5.74, 6) is 0.673. The van der Waals surface area contributed by atoms with E-state index in [0.29, 0.717) is 17.9 Å². The molecule has 0 aliphatic carbocycles. The number of halogens is 1. The number of ether oxygens (including phenoxy) is 1. The number of carbonyl (C=O) groups excluding carboxylic acids is 1. The van der Waals surface area contributed by atoms with Gasteiger partial charge in [-0.3, -0.25) is 4.79 Å². The van der Waals surface area contributed by atoms with Gasteiger partial charge >= 0.3 is 0 Å². The third-order valence-electron chi connectivity index (χ3n) is 3.40. The topological polar surface area (TPSA) is 38.3 Å². The van der Waals surface area contributed by atoms with Crippen LogP contribution in [0, 0.1) is 0 Å². The minimum absolute atomic E-state index is 0. The molecule has 0 unspecified atom stereocenters. The summed E-state index contributed by atoms with van der Waals surface area (Å²) in [4.78, 5) is 12.2. The summed E-state index contributed by atoms with van der Waals surface area (Å²) in [6.07, 6.45) is 0.903. The van der Waals surface area contributed by atoms with Gasteiger partial charge in [0.25, 0.3) is 0 Å². The first kappa shape index (κ1) is 18.2. The van der Waals surface area contributed by atoms with Crippen molar-refractivity contribution in [3.05, 3.63) is 65.7 Å². The molecule has 0 saturated carbocycles. The Kier molecular flexibility index (Phi) is 7.64. The molecule has 0 aromatic heterocycles. The maximum Gasteiger partial charge on any atom is 0.180 e. The van der Waals surface area contributed by atoms with Crippen LogP contribution in [0.4, 0.5) is 0 Å². The van der Waals surface area contributed by atoms with Crippen molar-refractivity contribution < 1.29 is 9.53 Å².